The molecule has 0 radical (unpaired) electrons. The van der Waals surface area contributed by atoms with E-state index in [9.17, 15) is 14.0 Å². The molecule has 174 valence electrons. The van der Waals surface area contributed by atoms with Crippen LogP contribution in [0.25, 0.3) is 22.1 Å². The van der Waals surface area contributed by atoms with Gasteiger partial charge in [0.05, 0.1) is 32.3 Å². The van der Waals surface area contributed by atoms with Crippen molar-refractivity contribution in [2.24, 2.45) is 0 Å². The SMILES string of the molecule is COc1cc(C(=O)Nc2oc3ccc(Cl)cc3c(=O)c2-c2ccc(F)cc2)cc(OC)c1OC. The third kappa shape index (κ3) is 4.27. The van der Waals surface area contributed by atoms with Gasteiger partial charge in [0.1, 0.15) is 11.4 Å². The summed E-state index contributed by atoms with van der Waals surface area (Å²) in [4.78, 5) is 26.6. The number of ether oxygens (including phenoxy) is 3. The molecule has 7 nitrogen and oxygen atoms in total. The van der Waals surface area contributed by atoms with Crippen molar-refractivity contribution >= 4 is 34.4 Å². The first-order valence-corrected chi connectivity index (χ1v) is 10.4. The van der Waals surface area contributed by atoms with Crippen molar-refractivity contribution in [2.45, 2.75) is 0 Å². The monoisotopic (exact) mass is 483 g/mol. The smallest absolute Gasteiger partial charge is 0.258 e. The number of benzene rings is 3. The lowest BCUT2D eigenvalue weighted by Gasteiger charge is -2.15. The van der Waals surface area contributed by atoms with Crippen molar-refractivity contribution in [3.05, 3.63) is 81.2 Å². The average molecular weight is 484 g/mol. The number of halogens is 2. The molecular weight excluding hydrogens is 465 g/mol. The molecule has 34 heavy (non-hydrogen) atoms. The number of anilines is 1. The van der Waals surface area contributed by atoms with E-state index in [-0.39, 0.29) is 39.5 Å². The van der Waals surface area contributed by atoms with Gasteiger partial charge in [-0.2, -0.15) is 0 Å². The van der Waals surface area contributed by atoms with Crippen LogP contribution in [-0.4, -0.2) is 27.2 Å². The molecule has 1 amide bonds. The molecule has 0 saturated heterocycles. The van der Waals surface area contributed by atoms with Crippen molar-refractivity contribution < 1.29 is 27.8 Å². The Labute approximate surface area is 198 Å². The van der Waals surface area contributed by atoms with Crippen LogP contribution < -0.4 is 25.0 Å². The Balaban J connectivity index is 1.87. The summed E-state index contributed by atoms with van der Waals surface area (Å²) in [5, 5.41) is 3.21. The lowest BCUT2D eigenvalue weighted by molar-refractivity contribution is 0.102. The van der Waals surface area contributed by atoms with Gasteiger partial charge in [-0.25, -0.2) is 4.39 Å². The van der Waals surface area contributed by atoms with Gasteiger partial charge in [0.15, 0.2) is 11.5 Å². The molecule has 0 fully saturated rings. The second-order valence-electron chi connectivity index (χ2n) is 7.15. The van der Waals surface area contributed by atoms with Crippen molar-refractivity contribution in [1.29, 1.82) is 0 Å². The maximum absolute atomic E-state index is 13.5. The second kappa shape index (κ2) is 9.44. The number of hydrogen-bond donors (Lipinski definition) is 1. The largest absolute Gasteiger partial charge is 0.493 e. The van der Waals surface area contributed by atoms with Gasteiger partial charge in [-0.1, -0.05) is 23.7 Å². The number of amides is 1. The molecule has 4 aromatic rings. The zero-order valence-corrected chi connectivity index (χ0v) is 19.2. The highest BCUT2D eigenvalue weighted by atomic mass is 35.5. The molecule has 0 spiro atoms. The van der Waals surface area contributed by atoms with Crippen molar-refractivity contribution in [3.8, 4) is 28.4 Å². The average Bonchev–Trinajstić information content (AvgIpc) is 2.84. The first kappa shape index (κ1) is 23.1. The van der Waals surface area contributed by atoms with Gasteiger partial charge in [0.2, 0.25) is 17.1 Å². The molecule has 1 N–H and O–H groups in total. The van der Waals surface area contributed by atoms with Gasteiger partial charge in [-0.05, 0) is 48.0 Å². The zero-order valence-electron chi connectivity index (χ0n) is 18.4. The fourth-order valence-electron chi connectivity index (χ4n) is 3.52. The molecule has 0 aliphatic carbocycles. The van der Waals surface area contributed by atoms with Gasteiger partial charge in [0, 0.05) is 10.6 Å². The molecule has 0 aliphatic rings. The molecule has 0 atom stereocenters. The maximum atomic E-state index is 13.5. The van der Waals surface area contributed by atoms with Gasteiger partial charge in [0.25, 0.3) is 5.91 Å². The molecule has 9 heteroatoms. The van der Waals surface area contributed by atoms with Crippen LogP contribution >= 0.6 is 11.6 Å². The van der Waals surface area contributed by atoms with Crippen LogP contribution in [0.4, 0.5) is 10.3 Å². The van der Waals surface area contributed by atoms with E-state index in [4.69, 9.17) is 30.2 Å². The summed E-state index contributed by atoms with van der Waals surface area (Å²) < 4.78 is 35.3. The summed E-state index contributed by atoms with van der Waals surface area (Å²) in [7, 11) is 4.31. The minimum absolute atomic E-state index is 0.0514. The van der Waals surface area contributed by atoms with Crippen LogP contribution in [0.2, 0.25) is 5.02 Å². The van der Waals surface area contributed by atoms with Crippen molar-refractivity contribution in [2.75, 3.05) is 26.6 Å². The predicted molar refractivity (Wildman–Crippen MR) is 127 cm³/mol. The molecule has 1 aromatic heterocycles. The van der Waals surface area contributed by atoms with Crippen molar-refractivity contribution in [3.63, 3.8) is 0 Å². The highest BCUT2D eigenvalue weighted by Crippen LogP contribution is 2.38. The quantitative estimate of drug-likeness (QED) is 0.388. The van der Waals surface area contributed by atoms with E-state index in [1.807, 2.05) is 0 Å². The summed E-state index contributed by atoms with van der Waals surface area (Å²) in [5.74, 6) is -0.298. The Morgan fingerprint density at radius 2 is 1.59 bits per heavy atom. The Morgan fingerprint density at radius 1 is 0.941 bits per heavy atom. The van der Waals surface area contributed by atoms with Crippen LogP contribution in [0, 0.1) is 5.82 Å². The van der Waals surface area contributed by atoms with Crippen molar-refractivity contribution in [1.82, 2.24) is 0 Å². The van der Waals surface area contributed by atoms with E-state index in [1.54, 1.807) is 6.07 Å². The maximum Gasteiger partial charge on any atom is 0.258 e. The molecule has 0 saturated carbocycles. The number of carbonyl (C=O) groups is 1. The molecular formula is C25H19ClFNO6. The van der Waals surface area contributed by atoms with E-state index in [1.165, 1.54) is 69.9 Å². The summed E-state index contributed by atoms with van der Waals surface area (Å²) in [6.07, 6.45) is 0. The van der Waals surface area contributed by atoms with Gasteiger partial charge < -0.3 is 18.6 Å². The Kier molecular flexibility index (Phi) is 6.43. The molecule has 3 aromatic carbocycles. The zero-order chi connectivity index (χ0) is 24.4. The summed E-state index contributed by atoms with van der Waals surface area (Å²) in [5.41, 5.74) is 0.363. The summed E-state index contributed by atoms with van der Waals surface area (Å²) >= 11 is 6.06. The molecule has 4 rings (SSSR count). The molecule has 0 aliphatic heterocycles. The second-order valence-corrected chi connectivity index (χ2v) is 7.59. The minimum Gasteiger partial charge on any atom is -0.493 e. The predicted octanol–water partition coefficient (Wildman–Crippen LogP) is 5.53. The molecule has 0 bridgehead atoms. The van der Waals surface area contributed by atoms with Crippen LogP contribution in [0.5, 0.6) is 17.2 Å². The first-order valence-electron chi connectivity index (χ1n) is 10.00. The number of methoxy groups -OCH3 is 3. The number of rotatable bonds is 6. The van der Waals surface area contributed by atoms with Crippen LogP contribution in [0.3, 0.4) is 0 Å². The summed E-state index contributed by atoms with van der Waals surface area (Å²) in [6.45, 7) is 0. The normalized spacial score (nSPS) is 10.7. The van der Waals surface area contributed by atoms with E-state index in [2.05, 4.69) is 5.32 Å². The lowest BCUT2D eigenvalue weighted by Crippen LogP contribution is -2.17. The van der Waals surface area contributed by atoms with Crippen LogP contribution in [0.15, 0.2) is 63.8 Å². The standard InChI is InChI=1S/C25H19ClFNO6/c1-31-19-10-14(11-20(32-2)23(19)33-3)24(30)28-25-21(13-4-7-16(27)8-5-13)22(29)17-12-15(26)6-9-18(17)34-25/h4-12H,1-3H3,(H,28,30). The van der Waals surface area contributed by atoms with Crippen LogP contribution in [0.1, 0.15) is 10.4 Å². The third-order valence-electron chi connectivity index (χ3n) is 5.14. The fourth-order valence-corrected chi connectivity index (χ4v) is 3.69. The Hall–Kier alpha value is -4.04. The number of nitrogens with one attached hydrogen (secondary N) is 1. The first-order chi connectivity index (χ1) is 16.4. The summed E-state index contributed by atoms with van der Waals surface area (Å²) in [6, 6.07) is 12.8. The molecule has 1 heterocycles. The number of fused-ring (bicyclic) bond motifs is 1. The van der Waals surface area contributed by atoms with E-state index in [0.717, 1.165) is 0 Å². The van der Waals surface area contributed by atoms with Gasteiger partial charge in [-0.3, -0.25) is 14.9 Å². The number of hydrogen-bond acceptors (Lipinski definition) is 6. The van der Waals surface area contributed by atoms with Gasteiger partial charge >= 0.3 is 0 Å². The van der Waals surface area contributed by atoms with E-state index < -0.39 is 17.2 Å². The third-order valence-corrected chi connectivity index (χ3v) is 5.37. The lowest BCUT2D eigenvalue weighted by atomic mass is 10.0. The minimum atomic E-state index is -0.598. The highest BCUT2D eigenvalue weighted by molar-refractivity contribution is 6.31. The Morgan fingerprint density at radius 3 is 2.18 bits per heavy atom. The van der Waals surface area contributed by atoms with E-state index in [0.29, 0.717) is 16.3 Å². The van der Waals surface area contributed by atoms with Gasteiger partial charge in [-0.15, -0.1) is 0 Å². The number of carbonyl (C=O) groups excluding carboxylic acids is 1. The Bertz CT molecular complexity index is 1420. The molecule has 0 unspecified atom stereocenters. The van der Waals surface area contributed by atoms with E-state index >= 15 is 0 Å². The fraction of sp³-hybridized carbons (Fsp3) is 0.120. The topological polar surface area (TPSA) is 87.0 Å². The van der Waals surface area contributed by atoms with Crippen LogP contribution in [-0.2, 0) is 0 Å². The highest BCUT2D eigenvalue weighted by Gasteiger charge is 2.22.